The van der Waals surface area contributed by atoms with E-state index >= 15 is 0 Å². The molecule has 0 bridgehead atoms. The molecule has 0 atom stereocenters. The standard InChI is InChI=1S/C22H34N4O4/c1-16(27)24-13-9-22(10-14-24)20(29)26(21(30)23-22)18-7-11-25(12-8-18)19(28)15-17-5-3-2-4-6-17/h17-18H,2-15H2,1H3,(H,23,30). The van der Waals surface area contributed by atoms with E-state index in [4.69, 9.17) is 0 Å². The molecule has 3 saturated heterocycles. The van der Waals surface area contributed by atoms with E-state index in [0.717, 1.165) is 12.8 Å². The Hall–Kier alpha value is -2.12. The van der Waals surface area contributed by atoms with E-state index in [1.54, 1.807) is 4.90 Å². The summed E-state index contributed by atoms with van der Waals surface area (Å²) in [7, 11) is 0. The van der Waals surface area contributed by atoms with Crippen molar-refractivity contribution in [2.24, 2.45) is 5.92 Å². The van der Waals surface area contributed by atoms with Crippen molar-refractivity contribution in [2.75, 3.05) is 26.2 Å². The lowest BCUT2D eigenvalue weighted by Crippen LogP contribution is -2.56. The second kappa shape index (κ2) is 8.55. The van der Waals surface area contributed by atoms with Crippen molar-refractivity contribution < 1.29 is 19.2 Å². The third kappa shape index (κ3) is 4.05. The molecule has 3 heterocycles. The molecular formula is C22H34N4O4. The third-order valence-corrected chi connectivity index (χ3v) is 7.63. The van der Waals surface area contributed by atoms with Gasteiger partial charge in [0.1, 0.15) is 5.54 Å². The van der Waals surface area contributed by atoms with Crippen molar-refractivity contribution in [3.8, 4) is 0 Å². The molecule has 3 aliphatic heterocycles. The molecule has 0 radical (unpaired) electrons. The largest absolute Gasteiger partial charge is 0.343 e. The summed E-state index contributed by atoms with van der Waals surface area (Å²) < 4.78 is 0. The fourth-order valence-electron chi connectivity index (χ4n) is 5.66. The molecule has 4 rings (SSSR count). The lowest BCUT2D eigenvalue weighted by atomic mass is 9.86. The number of amides is 5. The highest BCUT2D eigenvalue weighted by atomic mass is 16.2. The summed E-state index contributed by atoms with van der Waals surface area (Å²) in [4.78, 5) is 55.2. The topological polar surface area (TPSA) is 90.0 Å². The molecular weight excluding hydrogens is 384 g/mol. The number of urea groups is 1. The Bertz CT molecular complexity index is 702. The number of carbonyl (C=O) groups is 4. The molecule has 1 saturated carbocycles. The molecule has 0 aromatic heterocycles. The van der Waals surface area contributed by atoms with Gasteiger partial charge in [0.05, 0.1) is 0 Å². The fraction of sp³-hybridized carbons (Fsp3) is 0.818. The highest BCUT2D eigenvalue weighted by Gasteiger charge is 2.54. The molecule has 8 nitrogen and oxygen atoms in total. The smallest absolute Gasteiger partial charge is 0.325 e. The Labute approximate surface area is 178 Å². The highest BCUT2D eigenvalue weighted by Crippen LogP contribution is 2.33. The van der Waals surface area contributed by atoms with Gasteiger partial charge in [-0.2, -0.15) is 0 Å². The van der Waals surface area contributed by atoms with Crippen LogP contribution in [0, 0.1) is 5.92 Å². The van der Waals surface area contributed by atoms with Crippen LogP contribution >= 0.6 is 0 Å². The van der Waals surface area contributed by atoms with Gasteiger partial charge >= 0.3 is 6.03 Å². The fourth-order valence-corrected chi connectivity index (χ4v) is 5.66. The maximum Gasteiger partial charge on any atom is 0.325 e. The molecule has 4 aliphatic rings. The van der Waals surface area contributed by atoms with Gasteiger partial charge in [0.25, 0.3) is 5.91 Å². The van der Waals surface area contributed by atoms with Crippen LogP contribution in [-0.2, 0) is 14.4 Å². The van der Waals surface area contributed by atoms with Gasteiger partial charge in [-0.3, -0.25) is 19.3 Å². The zero-order chi connectivity index (χ0) is 21.3. The third-order valence-electron chi connectivity index (χ3n) is 7.63. The lowest BCUT2D eigenvalue weighted by Gasteiger charge is -2.38. The van der Waals surface area contributed by atoms with Crippen molar-refractivity contribution in [2.45, 2.75) is 82.7 Å². The Balaban J connectivity index is 1.31. The number of rotatable bonds is 3. The molecule has 30 heavy (non-hydrogen) atoms. The second-order valence-electron chi connectivity index (χ2n) is 9.51. The van der Waals surface area contributed by atoms with Crippen molar-refractivity contribution in [1.29, 1.82) is 0 Å². The van der Waals surface area contributed by atoms with E-state index < -0.39 is 5.54 Å². The Kier molecular flexibility index (Phi) is 6.02. The van der Waals surface area contributed by atoms with Gasteiger partial charge in [0, 0.05) is 45.6 Å². The van der Waals surface area contributed by atoms with E-state index in [1.165, 1.54) is 31.1 Å². The second-order valence-corrected chi connectivity index (χ2v) is 9.51. The summed E-state index contributed by atoms with van der Waals surface area (Å²) in [6, 6.07) is -0.468. The SMILES string of the molecule is CC(=O)N1CCC2(CC1)NC(=O)N(C1CCN(C(=O)CC3CCCCC3)CC1)C2=O. The molecule has 1 spiro atoms. The van der Waals surface area contributed by atoms with Gasteiger partial charge in [-0.15, -0.1) is 0 Å². The minimum atomic E-state index is -0.864. The van der Waals surface area contributed by atoms with Crippen LogP contribution in [0.15, 0.2) is 0 Å². The van der Waals surface area contributed by atoms with Crippen LogP contribution < -0.4 is 5.32 Å². The lowest BCUT2D eigenvalue weighted by molar-refractivity contribution is -0.139. The van der Waals surface area contributed by atoms with Crippen LogP contribution in [0.5, 0.6) is 0 Å². The van der Waals surface area contributed by atoms with Crippen LogP contribution in [0.3, 0.4) is 0 Å². The van der Waals surface area contributed by atoms with E-state index in [-0.39, 0.29) is 29.8 Å². The summed E-state index contributed by atoms with van der Waals surface area (Å²) in [5, 5.41) is 2.93. The van der Waals surface area contributed by atoms with Crippen molar-refractivity contribution in [1.82, 2.24) is 20.0 Å². The summed E-state index contributed by atoms with van der Waals surface area (Å²) in [6.07, 6.45) is 8.94. The van der Waals surface area contributed by atoms with Crippen LogP contribution in [0.2, 0.25) is 0 Å². The summed E-state index contributed by atoms with van der Waals surface area (Å²) >= 11 is 0. The molecule has 0 aromatic carbocycles. The quantitative estimate of drug-likeness (QED) is 0.709. The number of nitrogens with one attached hydrogen (secondary N) is 1. The van der Waals surface area contributed by atoms with E-state index in [2.05, 4.69) is 5.32 Å². The Morgan fingerprint density at radius 3 is 2.17 bits per heavy atom. The van der Waals surface area contributed by atoms with Crippen LogP contribution in [0.1, 0.15) is 71.1 Å². The van der Waals surface area contributed by atoms with E-state index in [0.29, 0.717) is 64.2 Å². The van der Waals surface area contributed by atoms with Gasteiger partial charge in [0.2, 0.25) is 11.8 Å². The van der Waals surface area contributed by atoms with Crippen LogP contribution in [0.25, 0.3) is 0 Å². The Morgan fingerprint density at radius 1 is 0.933 bits per heavy atom. The highest BCUT2D eigenvalue weighted by molar-refractivity contribution is 6.07. The first-order valence-corrected chi connectivity index (χ1v) is 11.6. The Morgan fingerprint density at radius 2 is 1.57 bits per heavy atom. The van der Waals surface area contributed by atoms with Crippen molar-refractivity contribution in [3.05, 3.63) is 0 Å². The normalized spacial score (nSPS) is 25.7. The molecule has 1 aliphatic carbocycles. The maximum absolute atomic E-state index is 13.2. The summed E-state index contributed by atoms with van der Waals surface area (Å²) in [5.41, 5.74) is -0.864. The minimum Gasteiger partial charge on any atom is -0.343 e. The predicted octanol–water partition coefficient (Wildman–Crippen LogP) is 1.88. The minimum absolute atomic E-state index is 0.00347. The number of nitrogens with zero attached hydrogens (tertiary/aromatic N) is 3. The predicted molar refractivity (Wildman–Crippen MR) is 110 cm³/mol. The molecule has 8 heteroatoms. The van der Waals surface area contributed by atoms with E-state index in [9.17, 15) is 19.2 Å². The average Bonchev–Trinajstić information content (AvgIpc) is 2.98. The molecule has 1 N–H and O–H groups in total. The van der Waals surface area contributed by atoms with Crippen LogP contribution in [0.4, 0.5) is 4.79 Å². The van der Waals surface area contributed by atoms with Gasteiger partial charge < -0.3 is 15.1 Å². The number of likely N-dealkylation sites (tertiary alicyclic amines) is 2. The van der Waals surface area contributed by atoms with Gasteiger partial charge in [-0.05, 0) is 44.4 Å². The number of hydrogen-bond donors (Lipinski definition) is 1. The molecule has 0 unspecified atom stereocenters. The first-order valence-electron chi connectivity index (χ1n) is 11.6. The van der Waals surface area contributed by atoms with Crippen LogP contribution in [-0.4, -0.2) is 76.2 Å². The maximum atomic E-state index is 13.2. The molecule has 5 amide bonds. The summed E-state index contributed by atoms with van der Waals surface area (Å²) in [5.74, 6) is 0.604. The number of imide groups is 1. The first kappa shape index (κ1) is 21.1. The summed E-state index contributed by atoms with van der Waals surface area (Å²) in [6.45, 7) is 3.73. The zero-order valence-corrected chi connectivity index (χ0v) is 18.0. The monoisotopic (exact) mass is 418 g/mol. The molecule has 0 aromatic rings. The van der Waals surface area contributed by atoms with Gasteiger partial charge in [-0.25, -0.2) is 4.79 Å². The molecule has 4 fully saturated rings. The number of piperidine rings is 2. The van der Waals surface area contributed by atoms with Gasteiger partial charge in [0.15, 0.2) is 0 Å². The number of carbonyl (C=O) groups excluding carboxylic acids is 4. The zero-order valence-electron chi connectivity index (χ0n) is 18.0. The first-order chi connectivity index (χ1) is 14.4. The average molecular weight is 419 g/mol. The number of hydrogen-bond acceptors (Lipinski definition) is 4. The van der Waals surface area contributed by atoms with Crippen molar-refractivity contribution in [3.63, 3.8) is 0 Å². The molecule has 166 valence electrons. The van der Waals surface area contributed by atoms with Crippen molar-refractivity contribution >= 4 is 23.8 Å². The van der Waals surface area contributed by atoms with E-state index in [1.807, 2.05) is 4.90 Å². The van der Waals surface area contributed by atoms with Gasteiger partial charge in [-0.1, -0.05) is 19.3 Å².